The van der Waals surface area contributed by atoms with Crippen LogP contribution in [0, 0.1) is 0 Å². The average molecular weight is 318 g/mol. The first-order valence-electron chi connectivity index (χ1n) is 7.30. The Bertz CT molecular complexity index is 636. The maximum atomic E-state index is 11.7. The van der Waals surface area contributed by atoms with E-state index in [1.165, 1.54) is 0 Å². The van der Waals surface area contributed by atoms with Crippen molar-refractivity contribution in [3.8, 4) is 5.75 Å². The van der Waals surface area contributed by atoms with Gasteiger partial charge in [0, 0.05) is 22.4 Å². The van der Waals surface area contributed by atoms with E-state index in [1.807, 2.05) is 35.7 Å². The van der Waals surface area contributed by atoms with Crippen LogP contribution < -0.4 is 4.74 Å². The van der Waals surface area contributed by atoms with Crippen LogP contribution in [0.2, 0.25) is 0 Å². The lowest BCUT2D eigenvalue weighted by Gasteiger charge is -2.14. The molecule has 2 aromatic rings. The van der Waals surface area contributed by atoms with Gasteiger partial charge in [-0.1, -0.05) is 18.2 Å². The van der Waals surface area contributed by atoms with Crippen molar-refractivity contribution in [3.05, 3.63) is 51.7 Å². The maximum absolute atomic E-state index is 11.7. The molecule has 0 radical (unpaired) electrons. The molecule has 22 heavy (non-hydrogen) atoms. The van der Waals surface area contributed by atoms with Gasteiger partial charge in [-0.25, -0.2) is 0 Å². The van der Waals surface area contributed by atoms with E-state index >= 15 is 0 Å². The first-order valence-corrected chi connectivity index (χ1v) is 8.18. The van der Waals surface area contributed by atoms with E-state index in [9.17, 15) is 9.90 Å². The van der Waals surface area contributed by atoms with Crippen molar-refractivity contribution in [2.24, 2.45) is 0 Å². The normalized spacial score (nSPS) is 14.9. The molecule has 1 heterocycles. The highest BCUT2D eigenvalue weighted by Crippen LogP contribution is 2.30. The van der Waals surface area contributed by atoms with Gasteiger partial charge in [0.15, 0.2) is 5.78 Å². The molecule has 1 aromatic carbocycles. The van der Waals surface area contributed by atoms with Crippen LogP contribution in [0.15, 0.2) is 35.7 Å². The first kappa shape index (κ1) is 15.2. The fourth-order valence-corrected chi connectivity index (χ4v) is 3.16. The van der Waals surface area contributed by atoms with Crippen molar-refractivity contribution in [3.63, 3.8) is 0 Å². The van der Waals surface area contributed by atoms with E-state index in [4.69, 9.17) is 9.47 Å². The van der Waals surface area contributed by atoms with E-state index in [2.05, 4.69) is 0 Å². The molecule has 1 aromatic heterocycles. The molecular weight excluding hydrogens is 300 g/mol. The van der Waals surface area contributed by atoms with Crippen molar-refractivity contribution < 1.29 is 19.4 Å². The molecule has 1 unspecified atom stereocenters. The van der Waals surface area contributed by atoms with Gasteiger partial charge in [-0.3, -0.25) is 4.79 Å². The fourth-order valence-electron chi connectivity index (χ4n) is 2.52. The summed E-state index contributed by atoms with van der Waals surface area (Å²) in [7, 11) is 0. The number of rotatable bonds is 7. The number of Topliss-reactive ketones (excluding diaryl/α,β-unsaturated/α-hetero) is 1. The zero-order valence-corrected chi connectivity index (χ0v) is 13.0. The largest absolute Gasteiger partial charge is 0.490 e. The van der Waals surface area contributed by atoms with Gasteiger partial charge in [0.1, 0.15) is 18.5 Å². The highest BCUT2D eigenvalue weighted by Gasteiger charge is 2.22. The molecule has 116 valence electrons. The molecule has 1 atom stereocenters. The molecule has 1 aliphatic carbocycles. The summed E-state index contributed by atoms with van der Waals surface area (Å²) in [6.45, 7) is 0.894. The molecule has 0 spiro atoms. The van der Waals surface area contributed by atoms with Crippen LogP contribution in [-0.4, -0.2) is 30.2 Å². The highest BCUT2D eigenvalue weighted by molar-refractivity contribution is 7.09. The maximum Gasteiger partial charge on any atom is 0.163 e. The number of carbonyl (C=O) groups is 1. The predicted molar refractivity (Wildman–Crippen MR) is 84.6 cm³/mol. The zero-order chi connectivity index (χ0) is 15.4. The number of benzene rings is 1. The minimum atomic E-state index is -0.687. The van der Waals surface area contributed by atoms with E-state index in [0.717, 1.165) is 22.4 Å². The summed E-state index contributed by atoms with van der Waals surface area (Å²) in [4.78, 5) is 12.8. The zero-order valence-electron chi connectivity index (χ0n) is 12.2. The number of ketones is 1. The molecule has 3 rings (SSSR count). The van der Waals surface area contributed by atoms with Gasteiger partial charge < -0.3 is 14.6 Å². The number of carbonyl (C=O) groups excluding carboxylic acids is 1. The molecule has 4 nitrogen and oxygen atoms in total. The number of aliphatic hydroxyl groups is 1. The van der Waals surface area contributed by atoms with Crippen LogP contribution >= 0.6 is 11.3 Å². The van der Waals surface area contributed by atoms with Crippen LogP contribution in [0.3, 0.4) is 0 Å². The van der Waals surface area contributed by atoms with Gasteiger partial charge in [-0.2, -0.15) is 0 Å². The monoisotopic (exact) mass is 318 g/mol. The second kappa shape index (κ2) is 7.05. The van der Waals surface area contributed by atoms with Crippen LogP contribution in [0.5, 0.6) is 5.75 Å². The number of hydrogen-bond donors (Lipinski definition) is 1. The SMILES string of the molecule is O=C1CCc2c(OCC(O)COCc3cccs3)cccc21. The second-order valence-corrected chi connectivity index (χ2v) is 6.30. The minimum absolute atomic E-state index is 0.162. The Balaban J connectivity index is 1.47. The molecule has 0 saturated carbocycles. The molecule has 0 fully saturated rings. The summed E-state index contributed by atoms with van der Waals surface area (Å²) in [5.41, 5.74) is 1.71. The van der Waals surface area contributed by atoms with Gasteiger partial charge in [-0.15, -0.1) is 11.3 Å². The Morgan fingerprint density at radius 2 is 2.09 bits per heavy atom. The molecule has 0 saturated heterocycles. The van der Waals surface area contributed by atoms with Gasteiger partial charge >= 0.3 is 0 Å². The summed E-state index contributed by atoms with van der Waals surface area (Å²) in [6.07, 6.45) is 0.574. The van der Waals surface area contributed by atoms with Crippen molar-refractivity contribution in [1.29, 1.82) is 0 Å². The number of ether oxygens (including phenoxy) is 2. The van der Waals surface area contributed by atoms with E-state index in [-0.39, 0.29) is 19.0 Å². The summed E-state index contributed by atoms with van der Waals surface area (Å²) < 4.78 is 11.1. The van der Waals surface area contributed by atoms with Gasteiger partial charge in [0.05, 0.1) is 13.2 Å². The van der Waals surface area contributed by atoms with Crippen molar-refractivity contribution in [2.45, 2.75) is 25.6 Å². The lowest BCUT2D eigenvalue weighted by molar-refractivity contribution is 0.00610. The van der Waals surface area contributed by atoms with Crippen molar-refractivity contribution in [1.82, 2.24) is 0 Å². The number of fused-ring (bicyclic) bond motifs is 1. The van der Waals surface area contributed by atoms with Crippen LogP contribution in [0.1, 0.15) is 27.2 Å². The summed E-state index contributed by atoms with van der Waals surface area (Å²) in [5.74, 6) is 0.862. The summed E-state index contributed by atoms with van der Waals surface area (Å²) in [5, 5.41) is 11.9. The Morgan fingerprint density at radius 3 is 2.91 bits per heavy atom. The number of hydrogen-bond acceptors (Lipinski definition) is 5. The minimum Gasteiger partial charge on any atom is -0.490 e. The standard InChI is InChI=1S/C17H18O4S/c18-12(9-20-11-13-3-2-8-22-13)10-21-17-5-1-4-14-15(17)6-7-16(14)19/h1-5,8,12,18H,6-7,9-11H2. The average Bonchev–Trinajstić information content (AvgIpc) is 3.16. The predicted octanol–water partition coefficient (Wildman–Crippen LogP) is 2.83. The number of thiophene rings is 1. The van der Waals surface area contributed by atoms with Gasteiger partial charge in [0.25, 0.3) is 0 Å². The Kier molecular flexibility index (Phi) is 4.87. The Hall–Kier alpha value is -1.69. The van der Waals surface area contributed by atoms with Crippen LogP contribution in [-0.2, 0) is 17.8 Å². The Labute approximate surface area is 133 Å². The van der Waals surface area contributed by atoms with E-state index < -0.39 is 6.10 Å². The third-order valence-corrected chi connectivity index (χ3v) is 4.45. The third-order valence-electron chi connectivity index (χ3n) is 3.60. The Morgan fingerprint density at radius 1 is 1.18 bits per heavy atom. The van der Waals surface area contributed by atoms with E-state index in [1.54, 1.807) is 11.3 Å². The van der Waals surface area contributed by atoms with Crippen LogP contribution in [0.4, 0.5) is 0 Å². The molecule has 5 heteroatoms. The quantitative estimate of drug-likeness (QED) is 0.853. The van der Waals surface area contributed by atoms with Gasteiger partial charge in [0.2, 0.25) is 0 Å². The van der Waals surface area contributed by atoms with E-state index in [0.29, 0.717) is 18.8 Å². The lowest BCUT2D eigenvalue weighted by Crippen LogP contribution is -2.23. The molecule has 1 N–H and O–H groups in total. The first-order chi connectivity index (χ1) is 10.7. The molecule has 0 aliphatic heterocycles. The highest BCUT2D eigenvalue weighted by atomic mass is 32.1. The fraction of sp³-hybridized carbons (Fsp3) is 0.353. The second-order valence-electron chi connectivity index (χ2n) is 5.26. The van der Waals surface area contributed by atoms with Gasteiger partial charge in [-0.05, 0) is 23.9 Å². The number of aliphatic hydroxyl groups excluding tert-OH is 1. The lowest BCUT2D eigenvalue weighted by atomic mass is 10.1. The topological polar surface area (TPSA) is 55.8 Å². The summed E-state index contributed by atoms with van der Waals surface area (Å²) >= 11 is 1.63. The molecule has 1 aliphatic rings. The molecular formula is C17H18O4S. The molecule has 0 bridgehead atoms. The van der Waals surface area contributed by atoms with Crippen molar-refractivity contribution >= 4 is 17.1 Å². The molecule has 0 amide bonds. The summed E-state index contributed by atoms with van der Waals surface area (Å²) in [6, 6.07) is 9.46. The smallest absolute Gasteiger partial charge is 0.163 e. The van der Waals surface area contributed by atoms with Crippen LogP contribution in [0.25, 0.3) is 0 Å². The van der Waals surface area contributed by atoms with Crippen molar-refractivity contribution in [2.75, 3.05) is 13.2 Å². The third kappa shape index (κ3) is 3.55.